The minimum Gasteiger partial charge on any atom is -0.494 e. The molecule has 25 heavy (non-hydrogen) atoms. The normalized spacial score (nSPS) is 13.4. The lowest BCUT2D eigenvalue weighted by Crippen LogP contribution is -2.24. The number of carbonyl (C=O) groups is 1. The van der Waals surface area contributed by atoms with E-state index in [2.05, 4.69) is 20.5 Å². The molecule has 0 bridgehead atoms. The molecule has 0 aliphatic carbocycles. The van der Waals surface area contributed by atoms with Crippen LogP contribution in [0.3, 0.4) is 0 Å². The van der Waals surface area contributed by atoms with E-state index in [-0.39, 0.29) is 6.03 Å². The van der Waals surface area contributed by atoms with Gasteiger partial charge in [-0.25, -0.2) is 4.79 Å². The maximum atomic E-state index is 12.2. The number of ether oxygens (including phenoxy) is 1. The number of amidine groups is 1. The SMILES string of the molecule is CCOc1ccc(NC(=O)Nc2cccc(C3=NCCN3C)c2)cc1. The van der Waals surface area contributed by atoms with Gasteiger partial charge in [0, 0.05) is 30.5 Å². The van der Waals surface area contributed by atoms with Gasteiger partial charge in [0.25, 0.3) is 0 Å². The minimum absolute atomic E-state index is 0.289. The number of hydrogen-bond acceptors (Lipinski definition) is 4. The van der Waals surface area contributed by atoms with Crippen molar-refractivity contribution in [3.05, 3.63) is 54.1 Å². The predicted octanol–water partition coefficient (Wildman–Crippen LogP) is 3.42. The molecule has 0 unspecified atom stereocenters. The average molecular weight is 338 g/mol. The highest BCUT2D eigenvalue weighted by Crippen LogP contribution is 2.17. The number of nitrogens with one attached hydrogen (secondary N) is 2. The Hall–Kier alpha value is -3.02. The highest BCUT2D eigenvalue weighted by Gasteiger charge is 2.15. The molecule has 0 aromatic heterocycles. The molecule has 0 saturated carbocycles. The Balaban J connectivity index is 1.63. The Kier molecular flexibility index (Phi) is 5.18. The van der Waals surface area contributed by atoms with Crippen molar-refractivity contribution >= 4 is 23.2 Å². The van der Waals surface area contributed by atoms with Crippen molar-refractivity contribution in [1.29, 1.82) is 0 Å². The largest absolute Gasteiger partial charge is 0.494 e. The first kappa shape index (κ1) is 16.8. The van der Waals surface area contributed by atoms with Crippen molar-refractivity contribution in [3.8, 4) is 5.75 Å². The summed E-state index contributed by atoms with van der Waals surface area (Å²) in [6, 6.07) is 14.7. The highest BCUT2D eigenvalue weighted by atomic mass is 16.5. The number of anilines is 2. The lowest BCUT2D eigenvalue weighted by atomic mass is 10.1. The van der Waals surface area contributed by atoms with Crippen molar-refractivity contribution < 1.29 is 9.53 Å². The van der Waals surface area contributed by atoms with Gasteiger partial charge in [-0.3, -0.25) is 4.99 Å². The molecule has 2 amide bonds. The van der Waals surface area contributed by atoms with Gasteiger partial charge >= 0.3 is 6.03 Å². The third-order valence-electron chi connectivity index (χ3n) is 3.86. The second-order valence-corrected chi connectivity index (χ2v) is 5.74. The number of nitrogens with zero attached hydrogens (tertiary/aromatic N) is 2. The fourth-order valence-electron chi connectivity index (χ4n) is 2.67. The van der Waals surface area contributed by atoms with Crippen LogP contribution in [0.5, 0.6) is 5.75 Å². The van der Waals surface area contributed by atoms with Gasteiger partial charge in [0.15, 0.2) is 0 Å². The standard InChI is InChI=1S/C19H22N4O2/c1-3-25-17-9-7-15(8-10-17)21-19(24)22-16-6-4-5-14(13-16)18-20-11-12-23(18)2/h4-10,13H,3,11-12H2,1-2H3,(H2,21,22,24). The lowest BCUT2D eigenvalue weighted by molar-refractivity contribution is 0.262. The van der Waals surface area contributed by atoms with Gasteiger partial charge in [-0.15, -0.1) is 0 Å². The van der Waals surface area contributed by atoms with E-state index < -0.39 is 0 Å². The molecule has 0 spiro atoms. The molecule has 0 saturated heterocycles. The zero-order valence-electron chi connectivity index (χ0n) is 14.5. The monoisotopic (exact) mass is 338 g/mol. The second-order valence-electron chi connectivity index (χ2n) is 5.74. The van der Waals surface area contributed by atoms with Gasteiger partial charge in [-0.05, 0) is 43.3 Å². The lowest BCUT2D eigenvalue weighted by Gasteiger charge is -2.15. The van der Waals surface area contributed by atoms with Crippen LogP contribution in [-0.4, -0.2) is 43.5 Å². The average Bonchev–Trinajstić information content (AvgIpc) is 3.03. The van der Waals surface area contributed by atoms with Crippen LogP contribution >= 0.6 is 0 Å². The minimum atomic E-state index is -0.289. The number of amides is 2. The summed E-state index contributed by atoms with van der Waals surface area (Å²) < 4.78 is 5.39. The molecule has 3 rings (SSSR count). The molecule has 2 aromatic carbocycles. The number of benzene rings is 2. The van der Waals surface area contributed by atoms with Crippen LogP contribution in [-0.2, 0) is 0 Å². The topological polar surface area (TPSA) is 66.0 Å². The Morgan fingerprint density at radius 1 is 1.16 bits per heavy atom. The fourth-order valence-corrected chi connectivity index (χ4v) is 2.67. The van der Waals surface area contributed by atoms with Crippen molar-refractivity contribution in [3.63, 3.8) is 0 Å². The zero-order valence-corrected chi connectivity index (χ0v) is 14.5. The summed E-state index contributed by atoms with van der Waals surface area (Å²) in [6.07, 6.45) is 0. The summed E-state index contributed by atoms with van der Waals surface area (Å²) in [5.41, 5.74) is 2.43. The summed E-state index contributed by atoms with van der Waals surface area (Å²) in [7, 11) is 2.02. The van der Waals surface area contributed by atoms with E-state index in [0.717, 1.165) is 35.9 Å². The number of aliphatic imine (C=N–C) groups is 1. The van der Waals surface area contributed by atoms with Crippen LogP contribution in [0.4, 0.5) is 16.2 Å². The van der Waals surface area contributed by atoms with Gasteiger partial charge in [-0.2, -0.15) is 0 Å². The van der Waals surface area contributed by atoms with Gasteiger partial charge in [0.1, 0.15) is 11.6 Å². The number of rotatable bonds is 5. The third kappa shape index (κ3) is 4.29. The molecule has 1 aliphatic rings. The van der Waals surface area contributed by atoms with E-state index in [1.54, 1.807) is 0 Å². The van der Waals surface area contributed by atoms with Crippen LogP contribution in [0.25, 0.3) is 0 Å². The number of hydrogen-bond donors (Lipinski definition) is 2. The molecular formula is C19H22N4O2. The van der Waals surface area contributed by atoms with E-state index in [0.29, 0.717) is 12.3 Å². The fraction of sp³-hybridized carbons (Fsp3) is 0.263. The van der Waals surface area contributed by atoms with Crippen molar-refractivity contribution in [2.24, 2.45) is 4.99 Å². The molecule has 1 heterocycles. The molecule has 6 heteroatoms. The molecule has 2 aromatic rings. The van der Waals surface area contributed by atoms with E-state index in [4.69, 9.17) is 4.74 Å². The van der Waals surface area contributed by atoms with Crippen LogP contribution < -0.4 is 15.4 Å². The Morgan fingerprint density at radius 2 is 1.92 bits per heavy atom. The smallest absolute Gasteiger partial charge is 0.323 e. The highest BCUT2D eigenvalue weighted by molar-refractivity contribution is 6.03. The predicted molar refractivity (Wildman–Crippen MR) is 101 cm³/mol. The molecule has 6 nitrogen and oxygen atoms in total. The van der Waals surface area contributed by atoms with Gasteiger partial charge in [-0.1, -0.05) is 12.1 Å². The van der Waals surface area contributed by atoms with Gasteiger partial charge in [0.2, 0.25) is 0 Å². The molecule has 0 radical (unpaired) electrons. The summed E-state index contributed by atoms with van der Waals surface area (Å²) in [4.78, 5) is 18.8. The van der Waals surface area contributed by atoms with Crippen LogP contribution in [0.2, 0.25) is 0 Å². The zero-order chi connectivity index (χ0) is 17.6. The van der Waals surface area contributed by atoms with E-state index in [9.17, 15) is 4.79 Å². The molecule has 0 atom stereocenters. The molecule has 0 fully saturated rings. The maximum absolute atomic E-state index is 12.2. The number of carbonyl (C=O) groups excluding carboxylic acids is 1. The molecule has 1 aliphatic heterocycles. The summed E-state index contributed by atoms with van der Waals surface area (Å²) in [5.74, 6) is 1.73. The van der Waals surface area contributed by atoms with Crippen LogP contribution in [0, 0.1) is 0 Å². The molecular weight excluding hydrogens is 316 g/mol. The third-order valence-corrected chi connectivity index (χ3v) is 3.86. The van der Waals surface area contributed by atoms with Crippen molar-refractivity contribution in [1.82, 2.24) is 4.90 Å². The number of urea groups is 1. The van der Waals surface area contributed by atoms with E-state index >= 15 is 0 Å². The summed E-state index contributed by atoms with van der Waals surface area (Å²) in [5, 5.41) is 5.67. The summed E-state index contributed by atoms with van der Waals surface area (Å²) in [6.45, 7) is 4.28. The first-order valence-corrected chi connectivity index (χ1v) is 8.32. The van der Waals surface area contributed by atoms with Crippen LogP contribution in [0.15, 0.2) is 53.5 Å². The summed E-state index contributed by atoms with van der Waals surface area (Å²) >= 11 is 0. The Morgan fingerprint density at radius 3 is 2.60 bits per heavy atom. The van der Waals surface area contributed by atoms with Crippen molar-refractivity contribution in [2.75, 3.05) is 37.4 Å². The number of likely N-dealkylation sites (N-methyl/N-ethyl adjacent to an activating group) is 1. The molecule has 2 N–H and O–H groups in total. The Labute approximate surface area is 147 Å². The van der Waals surface area contributed by atoms with Crippen LogP contribution in [0.1, 0.15) is 12.5 Å². The second kappa shape index (κ2) is 7.70. The molecule has 130 valence electrons. The Bertz CT molecular complexity index is 771. The first-order valence-electron chi connectivity index (χ1n) is 8.32. The quantitative estimate of drug-likeness (QED) is 0.878. The van der Waals surface area contributed by atoms with Crippen molar-refractivity contribution in [2.45, 2.75) is 6.92 Å². The van der Waals surface area contributed by atoms with E-state index in [1.165, 1.54) is 0 Å². The maximum Gasteiger partial charge on any atom is 0.323 e. The van der Waals surface area contributed by atoms with Gasteiger partial charge in [0.05, 0.1) is 13.2 Å². The van der Waals surface area contributed by atoms with E-state index in [1.807, 2.05) is 62.5 Å². The first-order chi connectivity index (χ1) is 12.2. The van der Waals surface area contributed by atoms with Gasteiger partial charge < -0.3 is 20.3 Å².